The number of benzene rings is 2. The number of carbonyl (C=O) groups is 1. The van der Waals surface area contributed by atoms with Gasteiger partial charge in [0, 0.05) is 11.8 Å². The Balaban J connectivity index is 1.82. The van der Waals surface area contributed by atoms with Gasteiger partial charge in [-0.15, -0.1) is 0 Å². The molecule has 0 bridgehead atoms. The first-order valence-electron chi connectivity index (χ1n) is 9.15. The van der Waals surface area contributed by atoms with Crippen LogP contribution in [-0.4, -0.2) is 20.6 Å². The third-order valence-corrected chi connectivity index (χ3v) is 5.86. The molecule has 1 atom stereocenters. The number of sulfone groups is 1. The molecule has 2 aromatic rings. The van der Waals surface area contributed by atoms with E-state index in [0.717, 1.165) is 31.2 Å². The van der Waals surface area contributed by atoms with Crippen molar-refractivity contribution in [2.24, 2.45) is 5.92 Å². The molecule has 0 radical (unpaired) electrons. The molecule has 27 heavy (non-hydrogen) atoms. The van der Waals surface area contributed by atoms with Gasteiger partial charge in [0.2, 0.25) is 0 Å². The van der Waals surface area contributed by atoms with Crippen molar-refractivity contribution in [2.75, 3.05) is 6.26 Å². The summed E-state index contributed by atoms with van der Waals surface area (Å²) in [5, 5.41) is 3.09. The van der Waals surface area contributed by atoms with Crippen LogP contribution in [-0.2, 0) is 15.6 Å². The van der Waals surface area contributed by atoms with Crippen molar-refractivity contribution in [1.29, 1.82) is 0 Å². The molecular weight excluding hydrogens is 365 g/mol. The predicted octanol–water partition coefficient (Wildman–Crippen LogP) is 4.03. The van der Waals surface area contributed by atoms with Gasteiger partial charge in [0.1, 0.15) is 5.82 Å². The second-order valence-electron chi connectivity index (χ2n) is 7.32. The largest absolute Gasteiger partial charge is 0.345 e. The molecule has 3 rings (SSSR count). The molecule has 0 aliphatic heterocycles. The molecule has 144 valence electrons. The molecule has 0 saturated heterocycles. The molecule has 1 aliphatic rings. The fourth-order valence-electron chi connectivity index (χ4n) is 3.76. The summed E-state index contributed by atoms with van der Waals surface area (Å²) < 4.78 is 36.3. The number of hydrogen-bond donors (Lipinski definition) is 1. The van der Waals surface area contributed by atoms with Crippen molar-refractivity contribution < 1.29 is 17.6 Å². The monoisotopic (exact) mass is 389 g/mol. The summed E-state index contributed by atoms with van der Waals surface area (Å²) >= 11 is 0. The van der Waals surface area contributed by atoms with Gasteiger partial charge >= 0.3 is 0 Å². The van der Waals surface area contributed by atoms with Crippen LogP contribution in [0.4, 0.5) is 4.39 Å². The van der Waals surface area contributed by atoms with E-state index in [0.29, 0.717) is 17.0 Å². The van der Waals surface area contributed by atoms with Crippen molar-refractivity contribution in [2.45, 2.75) is 37.5 Å². The Morgan fingerprint density at radius 1 is 1.15 bits per heavy atom. The predicted molar refractivity (Wildman–Crippen MR) is 104 cm³/mol. The Kier molecular flexibility index (Phi) is 5.95. The molecular formula is C21H24FNO3S. The zero-order chi connectivity index (χ0) is 19.4. The molecule has 0 unspecified atom stereocenters. The summed E-state index contributed by atoms with van der Waals surface area (Å²) in [6.45, 7) is 0. The van der Waals surface area contributed by atoms with Crippen molar-refractivity contribution in [3.63, 3.8) is 0 Å². The minimum Gasteiger partial charge on any atom is -0.345 e. The van der Waals surface area contributed by atoms with Crippen LogP contribution < -0.4 is 5.32 Å². The lowest BCUT2D eigenvalue weighted by Gasteiger charge is -2.25. The lowest BCUT2D eigenvalue weighted by Crippen LogP contribution is -2.32. The molecule has 0 spiro atoms. The highest BCUT2D eigenvalue weighted by atomic mass is 32.2. The fraction of sp³-hybridized carbons (Fsp3) is 0.381. The van der Waals surface area contributed by atoms with E-state index in [-0.39, 0.29) is 23.5 Å². The van der Waals surface area contributed by atoms with Gasteiger partial charge in [-0.3, -0.25) is 4.79 Å². The number of amides is 1. The average Bonchev–Trinajstić information content (AvgIpc) is 3.13. The Morgan fingerprint density at radius 3 is 2.44 bits per heavy atom. The van der Waals surface area contributed by atoms with Crippen molar-refractivity contribution >= 4 is 15.7 Å². The first kappa shape index (κ1) is 19.5. The lowest BCUT2D eigenvalue weighted by molar-refractivity contribution is 0.0921. The summed E-state index contributed by atoms with van der Waals surface area (Å²) in [7, 11) is -3.17. The number of rotatable bonds is 6. The smallest absolute Gasteiger partial charge is 0.251 e. The van der Waals surface area contributed by atoms with E-state index in [4.69, 9.17) is 0 Å². The Hall–Kier alpha value is -2.21. The molecule has 1 N–H and O–H groups in total. The maximum atomic E-state index is 13.3. The zero-order valence-corrected chi connectivity index (χ0v) is 16.1. The van der Waals surface area contributed by atoms with Gasteiger partial charge in [-0.25, -0.2) is 12.8 Å². The van der Waals surface area contributed by atoms with E-state index in [9.17, 15) is 17.6 Å². The second kappa shape index (κ2) is 8.21. The van der Waals surface area contributed by atoms with Crippen LogP contribution in [0.25, 0.3) is 0 Å². The third kappa shape index (κ3) is 5.39. The first-order valence-corrected chi connectivity index (χ1v) is 11.2. The van der Waals surface area contributed by atoms with Crippen LogP contribution in [0.15, 0.2) is 48.5 Å². The van der Waals surface area contributed by atoms with Gasteiger partial charge < -0.3 is 5.32 Å². The van der Waals surface area contributed by atoms with E-state index in [1.54, 1.807) is 36.4 Å². The summed E-state index contributed by atoms with van der Waals surface area (Å²) in [5.74, 6) is -0.327. The summed E-state index contributed by atoms with van der Waals surface area (Å²) in [4.78, 5) is 12.8. The van der Waals surface area contributed by atoms with Crippen LogP contribution in [0.5, 0.6) is 0 Å². The standard InChI is InChI=1S/C21H24FNO3S/c1-27(25,26)14-15-5-4-8-18(13-15)21(24)23-20(16-6-2-3-7-16)17-9-11-19(22)12-10-17/h4-5,8-13,16,20H,2-3,6-7,14H2,1H3,(H,23,24)/t20-/m1/s1. The average molecular weight is 389 g/mol. The summed E-state index contributed by atoms with van der Waals surface area (Å²) in [6, 6.07) is 12.8. The summed E-state index contributed by atoms with van der Waals surface area (Å²) in [5.41, 5.74) is 1.91. The third-order valence-electron chi connectivity index (χ3n) is 5.00. The molecule has 1 fully saturated rings. The van der Waals surface area contributed by atoms with Gasteiger partial charge in [0.15, 0.2) is 9.84 Å². The van der Waals surface area contributed by atoms with E-state index >= 15 is 0 Å². The first-order chi connectivity index (χ1) is 12.8. The van der Waals surface area contributed by atoms with Crippen molar-refractivity contribution in [3.8, 4) is 0 Å². The molecule has 1 amide bonds. The maximum absolute atomic E-state index is 13.3. The van der Waals surface area contributed by atoms with E-state index in [2.05, 4.69) is 5.32 Å². The van der Waals surface area contributed by atoms with Gasteiger partial charge in [-0.1, -0.05) is 37.1 Å². The summed E-state index contributed by atoms with van der Waals surface area (Å²) in [6.07, 6.45) is 5.47. The minimum absolute atomic E-state index is 0.0991. The van der Waals surface area contributed by atoms with Gasteiger partial charge in [0.05, 0.1) is 11.8 Å². The lowest BCUT2D eigenvalue weighted by atomic mass is 9.91. The topological polar surface area (TPSA) is 63.2 Å². The number of hydrogen-bond acceptors (Lipinski definition) is 3. The second-order valence-corrected chi connectivity index (χ2v) is 9.46. The maximum Gasteiger partial charge on any atom is 0.251 e. The Morgan fingerprint density at radius 2 is 1.81 bits per heavy atom. The fourth-order valence-corrected chi connectivity index (χ4v) is 4.55. The normalized spacial score (nSPS) is 16.2. The number of carbonyl (C=O) groups excluding carboxylic acids is 1. The molecule has 1 aliphatic carbocycles. The van der Waals surface area contributed by atoms with Crippen LogP contribution in [0.3, 0.4) is 0 Å². The molecule has 1 saturated carbocycles. The van der Waals surface area contributed by atoms with Gasteiger partial charge in [-0.2, -0.15) is 0 Å². The van der Waals surface area contributed by atoms with Crippen molar-refractivity contribution in [1.82, 2.24) is 5.32 Å². The number of halogens is 1. The SMILES string of the molecule is CS(=O)(=O)Cc1cccc(C(=O)N[C@@H](c2ccc(F)cc2)C2CCCC2)c1. The quantitative estimate of drug-likeness (QED) is 0.811. The Labute approximate surface area is 159 Å². The molecule has 2 aromatic carbocycles. The highest BCUT2D eigenvalue weighted by molar-refractivity contribution is 7.89. The van der Waals surface area contributed by atoms with Crippen LogP contribution in [0, 0.1) is 11.7 Å². The van der Waals surface area contributed by atoms with Gasteiger partial charge in [0.25, 0.3) is 5.91 Å². The van der Waals surface area contributed by atoms with E-state index < -0.39 is 9.84 Å². The van der Waals surface area contributed by atoms with E-state index in [1.165, 1.54) is 18.4 Å². The minimum atomic E-state index is -3.17. The van der Waals surface area contributed by atoms with Crippen LogP contribution in [0.2, 0.25) is 0 Å². The molecule has 4 nitrogen and oxygen atoms in total. The highest BCUT2D eigenvalue weighted by Crippen LogP contribution is 2.36. The molecule has 6 heteroatoms. The van der Waals surface area contributed by atoms with Crippen molar-refractivity contribution in [3.05, 3.63) is 71.0 Å². The van der Waals surface area contributed by atoms with E-state index in [1.807, 2.05) is 0 Å². The molecule has 0 aromatic heterocycles. The highest BCUT2D eigenvalue weighted by Gasteiger charge is 2.28. The van der Waals surface area contributed by atoms with Crippen LogP contribution >= 0.6 is 0 Å². The van der Waals surface area contributed by atoms with Crippen LogP contribution in [0.1, 0.15) is 53.2 Å². The van der Waals surface area contributed by atoms with Gasteiger partial charge in [-0.05, 0) is 54.2 Å². The Bertz CT molecular complexity index is 903. The molecule has 0 heterocycles. The number of nitrogens with one attached hydrogen (secondary N) is 1. The zero-order valence-electron chi connectivity index (χ0n) is 15.3.